The van der Waals surface area contributed by atoms with Crippen molar-refractivity contribution in [3.8, 4) is 11.5 Å². The minimum Gasteiger partial charge on any atom is -0.482 e. The van der Waals surface area contributed by atoms with Crippen LogP contribution in [0.25, 0.3) is 0 Å². The number of nitrogens with one attached hydrogen (secondary N) is 1. The fourth-order valence-corrected chi connectivity index (χ4v) is 2.32. The van der Waals surface area contributed by atoms with E-state index in [1.54, 1.807) is 6.07 Å². The molecule has 0 aliphatic carbocycles. The number of carbonyl (C=O) groups is 1. The Labute approximate surface area is 123 Å². The molecule has 1 heterocycles. The standard InChI is InChI=1S/C17H17NO3/c1-11-7-3-4-8-13(11)18-17(19)16-12(2)20-14-9-5-6-10-15(14)21-16/h3-10,12,16H,1-2H3,(H,18,19)/t12-,16-/m0/s1. The minimum atomic E-state index is -0.667. The quantitative estimate of drug-likeness (QED) is 0.921. The topological polar surface area (TPSA) is 47.6 Å². The molecule has 1 aliphatic heterocycles. The second kappa shape index (κ2) is 5.48. The lowest BCUT2D eigenvalue weighted by atomic mass is 10.1. The third kappa shape index (κ3) is 2.70. The van der Waals surface area contributed by atoms with Crippen LogP contribution in [0.3, 0.4) is 0 Å². The van der Waals surface area contributed by atoms with Crippen LogP contribution < -0.4 is 14.8 Å². The smallest absolute Gasteiger partial charge is 0.269 e. The first-order chi connectivity index (χ1) is 10.1. The Hall–Kier alpha value is -2.49. The second-order valence-electron chi connectivity index (χ2n) is 5.11. The highest BCUT2D eigenvalue weighted by atomic mass is 16.6. The number of ether oxygens (including phenoxy) is 2. The van der Waals surface area contributed by atoms with Crippen molar-refractivity contribution in [3.63, 3.8) is 0 Å². The molecule has 0 aromatic heterocycles. The maximum atomic E-state index is 12.4. The molecule has 1 aliphatic rings. The molecule has 2 atom stereocenters. The van der Waals surface area contributed by atoms with E-state index in [1.807, 2.05) is 56.3 Å². The molecule has 1 amide bonds. The van der Waals surface area contributed by atoms with Crippen LogP contribution in [0.2, 0.25) is 0 Å². The fraction of sp³-hybridized carbons (Fsp3) is 0.235. The molecule has 2 aromatic rings. The van der Waals surface area contributed by atoms with E-state index in [1.165, 1.54) is 0 Å². The molecule has 0 saturated heterocycles. The molecular formula is C17H17NO3. The zero-order valence-corrected chi connectivity index (χ0v) is 12.0. The van der Waals surface area contributed by atoms with E-state index in [-0.39, 0.29) is 12.0 Å². The Balaban J connectivity index is 1.78. The monoisotopic (exact) mass is 283 g/mol. The van der Waals surface area contributed by atoms with Crippen molar-refractivity contribution in [3.05, 3.63) is 54.1 Å². The van der Waals surface area contributed by atoms with Gasteiger partial charge in [0.25, 0.3) is 5.91 Å². The first kappa shape index (κ1) is 13.5. The predicted octanol–water partition coefficient (Wildman–Crippen LogP) is 3.16. The van der Waals surface area contributed by atoms with Crippen LogP contribution in [0.1, 0.15) is 12.5 Å². The summed E-state index contributed by atoms with van der Waals surface area (Å²) in [4.78, 5) is 12.4. The number of hydrogen-bond donors (Lipinski definition) is 1. The van der Waals surface area contributed by atoms with Crippen LogP contribution in [0.5, 0.6) is 11.5 Å². The van der Waals surface area contributed by atoms with E-state index in [2.05, 4.69) is 5.32 Å². The number of para-hydroxylation sites is 3. The Morgan fingerprint density at radius 1 is 1.00 bits per heavy atom. The number of anilines is 1. The van der Waals surface area contributed by atoms with Crippen molar-refractivity contribution in [1.29, 1.82) is 0 Å². The first-order valence-electron chi connectivity index (χ1n) is 6.94. The zero-order valence-electron chi connectivity index (χ0n) is 12.0. The summed E-state index contributed by atoms with van der Waals surface area (Å²) < 4.78 is 11.5. The van der Waals surface area contributed by atoms with Gasteiger partial charge in [-0.2, -0.15) is 0 Å². The van der Waals surface area contributed by atoms with E-state index >= 15 is 0 Å². The number of rotatable bonds is 2. The molecule has 0 fully saturated rings. The molecule has 4 heteroatoms. The van der Waals surface area contributed by atoms with Gasteiger partial charge in [-0.25, -0.2) is 0 Å². The number of hydrogen-bond acceptors (Lipinski definition) is 3. The SMILES string of the molecule is Cc1ccccc1NC(=O)[C@H]1Oc2ccccc2O[C@H]1C. The zero-order chi connectivity index (χ0) is 14.8. The normalized spacial score (nSPS) is 19.9. The fourth-order valence-electron chi connectivity index (χ4n) is 2.32. The molecule has 0 bridgehead atoms. The summed E-state index contributed by atoms with van der Waals surface area (Å²) in [6, 6.07) is 15.0. The number of benzene rings is 2. The maximum absolute atomic E-state index is 12.4. The van der Waals surface area contributed by atoms with Gasteiger partial charge in [0.2, 0.25) is 6.10 Å². The van der Waals surface area contributed by atoms with Gasteiger partial charge in [-0.3, -0.25) is 4.79 Å². The predicted molar refractivity (Wildman–Crippen MR) is 80.8 cm³/mol. The molecule has 0 radical (unpaired) electrons. The summed E-state index contributed by atoms with van der Waals surface area (Å²) in [5.74, 6) is 1.07. The van der Waals surface area contributed by atoms with Crippen LogP contribution in [0.4, 0.5) is 5.69 Å². The van der Waals surface area contributed by atoms with E-state index in [9.17, 15) is 4.79 Å². The molecular weight excluding hydrogens is 266 g/mol. The second-order valence-corrected chi connectivity index (χ2v) is 5.11. The van der Waals surface area contributed by atoms with Crippen LogP contribution in [-0.4, -0.2) is 18.1 Å². The van der Waals surface area contributed by atoms with E-state index < -0.39 is 6.10 Å². The van der Waals surface area contributed by atoms with Gasteiger partial charge < -0.3 is 14.8 Å². The molecule has 4 nitrogen and oxygen atoms in total. The lowest BCUT2D eigenvalue weighted by Crippen LogP contribution is -2.46. The van der Waals surface area contributed by atoms with Crippen LogP contribution in [-0.2, 0) is 4.79 Å². The Morgan fingerprint density at radius 2 is 1.62 bits per heavy atom. The molecule has 21 heavy (non-hydrogen) atoms. The van der Waals surface area contributed by atoms with Crippen LogP contribution in [0.15, 0.2) is 48.5 Å². The lowest BCUT2D eigenvalue weighted by molar-refractivity contribution is -0.128. The lowest BCUT2D eigenvalue weighted by Gasteiger charge is -2.31. The summed E-state index contributed by atoms with van der Waals surface area (Å²) in [5, 5.41) is 2.90. The molecule has 1 N–H and O–H groups in total. The van der Waals surface area contributed by atoms with Gasteiger partial charge in [0.15, 0.2) is 11.5 Å². The van der Waals surface area contributed by atoms with Crippen molar-refractivity contribution in [2.24, 2.45) is 0 Å². The largest absolute Gasteiger partial charge is 0.482 e. The van der Waals surface area contributed by atoms with Crippen molar-refractivity contribution in [2.45, 2.75) is 26.1 Å². The number of carbonyl (C=O) groups excluding carboxylic acids is 1. The third-order valence-electron chi connectivity index (χ3n) is 3.50. The Bertz CT molecular complexity index is 669. The molecule has 0 unspecified atom stereocenters. The van der Waals surface area contributed by atoms with E-state index in [4.69, 9.17) is 9.47 Å². The highest BCUT2D eigenvalue weighted by molar-refractivity contribution is 5.95. The first-order valence-corrected chi connectivity index (χ1v) is 6.94. The van der Waals surface area contributed by atoms with Gasteiger partial charge in [-0.1, -0.05) is 30.3 Å². The Kier molecular flexibility index (Phi) is 3.52. The Morgan fingerprint density at radius 3 is 2.33 bits per heavy atom. The summed E-state index contributed by atoms with van der Waals surface area (Å²) in [6.45, 7) is 3.78. The molecule has 3 rings (SSSR count). The maximum Gasteiger partial charge on any atom is 0.269 e. The number of fused-ring (bicyclic) bond motifs is 1. The van der Waals surface area contributed by atoms with Gasteiger partial charge in [0, 0.05) is 5.69 Å². The average Bonchev–Trinajstić information content (AvgIpc) is 2.49. The van der Waals surface area contributed by atoms with Crippen molar-refractivity contribution >= 4 is 11.6 Å². The van der Waals surface area contributed by atoms with Crippen molar-refractivity contribution < 1.29 is 14.3 Å². The van der Waals surface area contributed by atoms with Crippen LogP contribution >= 0.6 is 0 Å². The van der Waals surface area contributed by atoms with E-state index in [0.717, 1.165) is 11.3 Å². The highest BCUT2D eigenvalue weighted by Crippen LogP contribution is 2.33. The van der Waals surface area contributed by atoms with Gasteiger partial charge in [0.05, 0.1) is 0 Å². The van der Waals surface area contributed by atoms with Crippen molar-refractivity contribution in [1.82, 2.24) is 0 Å². The van der Waals surface area contributed by atoms with Gasteiger partial charge in [-0.15, -0.1) is 0 Å². The van der Waals surface area contributed by atoms with Crippen LogP contribution in [0, 0.1) is 6.92 Å². The summed E-state index contributed by atoms with van der Waals surface area (Å²) in [6.07, 6.45) is -1.01. The van der Waals surface area contributed by atoms with Gasteiger partial charge >= 0.3 is 0 Å². The number of amides is 1. The highest BCUT2D eigenvalue weighted by Gasteiger charge is 2.34. The van der Waals surface area contributed by atoms with Crippen molar-refractivity contribution in [2.75, 3.05) is 5.32 Å². The minimum absolute atomic E-state index is 0.202. The summed E-state index contributed by atoms with van der Waals surface area (Å²) >= 11 is 0. The molecule has 0 saturated carbocycles. The van der Waals surface area contributed by atoms with E-state index in [0.29, 0.717) is 11.5 Å². The van der Waals surface area contributed by atoms with Gasteiger partial charge in [0.1, 0.15) is 6.10 Å². The molecule has 2 aromatic carbocycles. The number of aryl methyl sites for hydroxylation is 1. The molecule has 108 valence electrons. The van der Waals surface area contributed by atoms with Gasteiger partial charge in [-0.05, 0) is 37.6 Å². The average molecular weight is 283 g/mol. The summed E-state index contributed by atoms with van der Waals surface area (Å²) in [7, 11) is 0. The third-order valence-corrected chi connectivity index (χ3v) is 3.50. The summed E-state index contributed by atoms with van der Waals surface area (Å²) in [5.41, 5.74) is 1.80. The molecule has 0 spiro atoms.